The lowest BCUT2D eigenvalue weighted by atomic mass is 9.74. The molecule has 1 fully saturated rings. The van der Waals surface area contributed by atoms with Gasteiger partial charge in [-0.2, -0.15) is 0 Å². The molecule has 2 N–H and O–H groups in total. The second kappa shape index (κ2) is 6.42. The number of likely N-dealkylation sites (tertiary alicyclic amines) is 1. The van der Waals surface area contributed by atoms with Crippen LogP contribution in [0.25, 0.3) is 0 Å². The second-order valence-corrected chi connectivity index (χ2v) is 9.03. The fourth-order valence-corrected chi connectivity index (χ4v) is 4.63. The van der Waals surface area contributed by atoms with E-state index >= 15 is 0 Å². The Morgan fingerprint density at radius 2 is 2.14 bits per heavy atom. The number of carbonyl (C=O) groups is 2. The molecule has 2 atom stereocenters. The smallest absolute Gasteiger partial charge is 0.238 e. The van der Waals surface area contributed by atoms with Gasteiger partial charge in [0.15, 0.2) is 0 Å². The third-order valence-corrected chi connectivity index (χ3v) is 6.16. The number of hydrogen-bond acceptors (Lipinski definition) is 5. The quantitative estimate of drug-likeness (QED) is 0.754. The van der Waals surface area contributed by atoms with E-state index in [0.29, 0.717) is 18.8 Å². The fourth-order valence-electron chi connectivity index (χ4n) is 4.25. The monoisotopic (exact) mass is 403 g/mol. The largest absolute Gasteiger partial charge is 0.336 e. The van der Waals surface area contributed by atoms with Crippen LogP contribution < -0.4 is 10.0 Å². The average Bonchev–Trinajstić information content (AvgIpc) is 3.30. The van der Waals surface area contributed by atoms with Gasteiger partial charge in [0.05, 0.1) is 12.8 Å². The number of anilines is 1. The summed E-state index contributed by atoms with van der Waals surface area (Å²) in [5.41, 5.74) is 0.603. The van der Waals surface area contributed by atoms with Crippen LogP contribution in [0, 0.1) is 0 Å². The molecule has 2 aromatic rings. The van der Waals surface area contributed by atoms with Gasteiger partial charge in [-0.15, -0.1) is 0 Å². The van der Waals surface area contributed by atoms with Crippen molar-refractivity contribution in [3.8, 4) is 0 Å². The van der Waals surface area contributed by atoms with Gasteiger partial charge in [0.2, 0.25) is 21.8 Å². The summed E-state index contributed by atoms with van der Waals surface area (Å²) in [7, 11) is -1.70. The summed E-state index contributed by atoms with van der Waals surface area (Å²) in [5.74, 6) is 0.0117. The van der Waals surface area contributed by atoms with Gasteiger partial charge in [-0.25, -0.2) is 18.1 Å². The third-order valence-electron chi connectivity index (χ3n) is 5.50. The Hall–Kier alpha value is -2.72. The van der Waals surface area contributed by atoms with Crippen LogP contribution in [0.3, 0.4) is 0 Å². The number of para-hydroxylation sites is 1. The van der Waals surface area contributed by atoms with Crippen molar-refractivity contribution < 1.29 is 18.0 Å². The summed E-state index contributed by atoms with van der Waals surface area (Å²) in [6.07, 6.45) is 4.82. The predicted octanol–water partition coefficient (Wildman–Crippen LogP) is 0.133. The highest BCUT2D eigenvalue weighted by atomic mass is 32.2. The van der Waals surface area contributed by atoms with Crippen LogP contribution in [0.2, 0.25) is 0 Å². The minimum atomic E-state index is -3.51. The number of amides is 2. The van der Waals surface area contributed by atoms with E-state index < -0.39 is 27.4 Å². The SMILES string of the molecule is Cn1ccnc1[C@@H]1N(C(=O)CNS(C)(=O)=O)CC[C@]12C(=O)Nc1ccccc12. The number of imidazole rings is 1. The van der Waals surface area contributed by atoms with Crippen LogP contribution in [-0.2, 0) is 32.1 Å². The normalized spacial score (nSPS) is 23.9. The number of nitrogens with one attached hydrogen (secondary N) is 2. The molecule has 9 nitrogen and oxygen atoms in total. The zero-order chi connectivity index (χ0) is 20.1. The summed E-state index contributed by atoms with van der Waals surface area (Å²) >= 11 is 0. The zero-order valence-electron chi connectivity index (χ0n) is 15.5. The van der Waals surface area contributed by atoms with E-state index in [4.69, 9.17) is 0 Å². The minimum Gasteiger partial charge on any atom is -0.336 e. The number of aromatic nitrogens is 2. The number of aryl methyl sites for hydroxylation is 1. The van der Waals surface area contributed by atoms with Crippen molar-refractivity contribution in [2.24, 2.45) is 7.05 Å². The molecule has 3 heterocycles. The Morgan fingerprint density at radius 1 is 1.39 bits per heavy atom. The molecule has 148 valence electrons. The molecule has 0 bridgehead atoms. The number of nitrogens with zero attached hydrogens (tertiary/aromatic N) is 3. The molecule has 1 aromatic carbocycles. The summed E-state index contributed by atoms with van der Waals surface area (Å²) in [5, 5.41) is 2.93. The molecule has 2 amide bonds. The average molecular weight is 403 g/mol. The van der Waals surface area contributed by atoms with Crippen LogP contribution in [0.4, 0.5) is 5.69 Å². The van der Waals surface area contributed by atoms with Gasteiger partial charge in [0, 0.05) is 31.7 Å². The van der Waals surface area contributed by atoms with Gasteiger partial charge >= 0.3 is 0 Å². The van der Waals surface area contributed by atoms with Crippen molar-refractivity contribution in [1.29, 1.82) is 0 Å². The number of benzene rings is 1. The molecule has 1 saturated heterocycles. The molecular weight excluding hydrogens is 382 g/mol. The summed E-state index contributed by atoms with van der Waals surface area (Å²) in [6.45, 7) is -0.0390. The van der Waals surface area contributed by atoms with E-state index in [0.717, 1.165) is 17.5 Å². The summed E-state index contributed by atoms with van der Waals surface area (Å²) in [4.78, 5) is 32.0. The van der Waals surface area contributed by atoms with E-state index in [-0.39, 0.29) is 12.5 Å². The standard InChI is InChI=1S/C18H21N5O4S/c1-22-10-8-19-16(22)15-18(12-5-3-4-6-13(12)21-17(18)25)7-9-23(15)14(24)11-20-28(2,26)27/h3-6,8,10,15,20H,7,9,11H2,1-2H3,(H,21,25)/t15-,18+/m0/s1. The maximum atomic E-state index is 13.2. The zero-order valence-corrected chi connectivity index (χ0v) is 16.4. The molecule has 2 aliphatic rings. The van der Waals surface area contributed by atoms with Crippen molar-refractivity contribution in [3.63, 3.8) is 0 Å². The van der Waals surface area contributed by atoms with Gasteiger partial charge in [0.25, 0.3) is 0 Å². The minimum absolute atomic E-state index is 0.173. The highest BCUT2D eigenvalue weighted by molar-refractivity contribution is 7.88. The van der Waals surface area contributed by atoms with Gasteiger partial charge in [-0.05, 0) is 18.1 Å². The number of carbonyl (C=O) groups excluding carboxylic acids is 2. The van der Waals surface area contributed by atoms with Crippen LogP contribution in [0.1, 0.15) is 23.9 Å². The molecule has 10 heteroatoms. The third kappa shape index (κ3) is 2.80. The Kier molecular flexibility index (Phi) is 4.27. The van der Waals surface area contributed by atoms with Gasteiger partial charge in [-0.3, -0.25) is 9.59 Å². The van der Waals surface area contributed by atoms with E-state index in [2.05, 4.69) is 15.0 Å². The molecule has 28 heavy (non-hydrogen) atoms. The maximum Gasteiger partial charge on any atom is 0.238 e. The molecule has 4 rings (SSSR count). The first kappa shape index (κ1) is 18.6. The van der Waals surface area contributed by atoms with Crippen molar-refractivity contribution >= 4 is 27.5 Å². The lowest BCUT2D eigenvalue weighted by Gasteiger charge is -2.33. The van der Waals surface area contributed by atoms with Gasteiger partial charge in [0.1, 0.15) is 17.3 Å². The highest BCUT2D eigenvalue weighted by Crippen LogP contribution is 2.54. The fraction of sp³-hybridized carbons (Fsp3) is 0.389. The van der Waals surface area contributed by atoms with Crippen molar-refractivity contribution in [2.45, 2.75) is 17.9 Å². The Bertz CT molecular complexity index is 1060. The first-order valence-electron chi connectivity index (χ1n) is 8.86. The number of hydrogen-bond donors (Lipinski definition) is 2. The Morgan fingerprint density at radius 3 is 2.82 bits per heavy atom. The van der Waals surface area contributed by atoms with Crippen LogP contribution >= 0.6 is 0 Å². The molecule has 2 aliphatic heterocycles. The number of rotatable bonds is 4. The van der Waals surface area contributed by atoms with E-state index in [1.165, 1.54) is 0 Å². The van der Waals surface area contributed by atoms with Crippen molar-refractivity contribution in [1.82, 2.24) is 19.2 Å². The molecule has 1 spiro atoms. The van der Waals surface area contributed by atoms with Crippen molar-refractivity contribution in [2.75, 3.05) is 24.7 Å². The predicted molar refractivity (Wildman–Crippen MR) is 102 cm³/mol. The summed E-state index contributed by atoms with van der Waals surface area (Å²) < 4.78 is 26.9. The highest BCUT2D eigenvalue weighted by Gasteiger charge is 2.60. The Balaban J connectivity index is 1.80. The Labute approximate surface area is 162 Å². The first-order valence-corrected chi connectivity index (χ1v) is 10.8. The second-order valence-electron chi connectivity index (χ2n) is 7.20. The molecular formula is C18H21N5O4S. The van der Waals surface area contributed by atoms with Crippen LogP contribution in [0.15, 0.2) is 36.7 Å². The maximum absolute atomic E-state index is 13.2. The van der Waals surface area contributed by atoms with E-state index in [9.17, 15) is 18.0 Å². The molecule has 0 radical (unpaired) electrons. The molecule has 0 saturated carbocycles. The van der Waals surface area contributed by atoms with Gasteiger partial charge < -0.3 is 14.8 Å². The number of fused-ring (bicyclic) bond motifs is 2. The van der Waals surface area contributed by atoms with Crippen LogP contribution in [-0.4, -0.2) is 54.0 Å². The lowest BCUT2D eigenvalue weighted by molar-refractivity contribution is -0.132. The first-order chi connectivity index (χ1) is 13.2. The van der Waals surface area contributed by atoms with Crippen molar-refractivity contribution in [3.05, 3.63) is 48.0 Å². The number of sulfonamides is 1. The topological polar surface area (TPSA) is 113 Å². The molecule has 1 aromatic heterocycles. The van der Waals surface area contributed by atoms with E-state index in [1.807, 2.05) is 31.3 Å². The van der Waals surface area contributed by atoms with Gasteiger partial charge in [-0.1, -0.05) is 18.2 Å². The van der Waals surface area contributed by atoms with Crippen LogP contribution in [0.5, 0.6) is 0 Å². The molecule has 0 unspecified atom stereocenters. The van der Waals surface area contributed by atoms with E-state index in [1.54, 1.807) is 21.9 Å². The lowest BCUT2D eigenvalue weighted by Crippen LogP contribution is -2.46. The summed E-state index contributed by atoms with van der Waals surface area (Å²) in [6, 6.07) is 6.82. The molecule has 0 aliphatic carbocycles.